The van der Waals surface area contributed by atoms with E-state index in [0.29, 0.717) is 16.9 Å². The maximum atomic E-state index is 5.75. The van der Waals surface area contributed by atoms with Crippen LogP contribution >= 0.6 is 0 Å². The van der Waals surface area contributed by atoms with Crippen LogP contribution in [0.15, 0.2) is 11.6 Å². The molecule has 3 unspecified atom stereocenters. The summed E-state index contributed by atoms with van der Waals surface area (Å²) in [6.07, 6.45) is 18.7. The van der Waals surface area contributed by atoms with Crippen LogP contribution in [0.5, 0.6) is 0 Å². The van der Waals surface area contributed by atoms with Crippen LogP contribution in [0.2, 0.25) is 0 Å². The number of allylic oxidation sites excluding steroid dienone is 1. The topological polar surface area (TPSA) is 9.23 Å². The summed E-state index contributed by atoms with van der Waals surface area (Å²) in [4.78, 5) is 0. The first-order valence-electron chi connectivity index (χ1n) is 13.0. The first-order chi connectivity index (χ1) is 13.8. The van der Waals surface area contributed by atoms with E-state index in [9.17, 15) is 0 Å². The van der Waals surface area contributed by atoms with Gasteiger partial charge in [0.15, 0.2) is 0 Å². The average molecular weight is 401 g/mol. The predicted octanol–water partition coefficient (Wildman–Crippen LogP) is 8.04. The molecule has 0 aromatic rings. The van der Waals surface area contributed by atoms with Crippen molar-refractivity contribution in [3.8, 4) is 0 Å². The van der Waals surface area contributed by atoms with Crippen molar-refractivity contribution in [2.45, 2.75) is 111 Å². The highest BCUT2D eigenvalue weighted by Crippen LogP contribution is 2.67. The molecule has 0 aromatic carbocycles. The Hall–Kier alpha value is -0.300. The fourth-order valence-electron chi connectivity index (χ4n) is 8.85. The molecule has 0 N–H and O–H groups in total. The Labute approximate surface area is 181 Å². The Bertz CT molecular complexity index is 605. The summed E-state index contributed by atoms with van der Waals surface area (Å²) in [5, 5.41) is 0. The Morgan fingerprint density at radius 1 is 1.00 bits per heavy atom. The largest absolute Gasteiger partial charge is 0.381 e. The van der Waals surface area contributed by atoms with Crippen LogP contribution in [0, 0.1) is 46.3 Å². The van der Waals surface area contributed by atoms with Crippen LogP contribution in [0.4, 0.5) is 0 Å². The van der Waals surface area contributed by atoms with Crippen molar-refractivity contribution in [3.05, 3.63) is 11.6 Å². The number of methoxy groups -OCH3 is 1. The van der Waals surface area contributed by atoms with Crippen LogP contribution in [0.1, 0.15) is 105 Å². The fraction of sp³-hybridized carbons (Fsp3) is 0.929. The summed E-state index contributed by atoms with van der Waals surface area (Å²) >= 11 is 0. The lowest BCUT2D eigenvalue weighted by molar-refractivity contribution is -0.0601. The van der Waals surface area contributed by atoms with Crippen molar-refractivity contribution in [1.29, 1.82) is 0 Å². The van der Waals surface area contributed by atoms with E-state index in [-0.39, 0.29) is 0 Å². The van der Waals surface area contributed by atoms with Gasteiger partial charge in [0.25, 0.3) is 0 Å². The fourth-order valence-corrected chi connectivity index (χ4v) is 8.85. The monoisotopic (exact) mass is 400 g/mol. The summed E-state index contributed by atoms with van der Waals surface area (Å²) in [5.74, 6) is 5.63. The van der Waals surface area contributed by atoms with Crippen molar-refractivity contribution in [3.63, 3.8) is 0 Å². The molecule has 166 valence electrons. The van der Waals surface area contributed by atoms with Gasteiger partial charge in [-0.1, -0.05) is 65.5 Å². The molecule has 0 saturated heterocycles. The Balaban J connectivity index is 1.48. The molecule has 1 heteroatoms. The quantitative estimate of drug-likeness (QED) is 0.410. The van der Waals surface area contributed by atoms with Crippen LogP contribution in [0.25, 0.3) is 0 Å². The lowest BCUT2D eigenvalue weighted by Gasteiger charge is -2.58. The minimum absolute atomic E-state index is 0.472. The summed E-state index contributed by atoms with van der Waals surface area (Å²) in [6, 6.07) is 0. The molecule has 4 aliphatic carbocycles. The van der Waals surface area contributed by atoms with Gasteiger partial charge < -0.3 is 4.74 Å². The molecule has 0 aliphatic heterocycles. The minimum atomic E-state index is 0.472. The standard InChI is InChI=1S/C28H48O/c1-19(2)8-7-9-20(3)24-12-13-25-23-11-10-21-18-22(29-6)14-16-27(21,4)26(23)15-17-28(24,25)5/h10,19-20,22-26H,7-9,11-18H2,1-6H3/t20-,22+,23?,24-,25?,26?,27+,28-/m1/s1. The summed E-state index contributed by atoms with van der Waals surface area (Å²) in [6.45, 7) is 12.7. The third kappa shape index (κ3) is 3.77. The zero-order valence-corrected chi connectivity index (χ0v) is 20.3. The molecule has 0 spiro atoms. The highest BCUT2D eigenvalue weighted by molar-refractivity contribution is 5.25. The zero-order valence-electron chi connectivity index (χ0n) is 20.3. The van der Waals surface area contributed by atoms with Gasteiger partial charge in [-0.05, 0) is 97.7 Å². The van der Waals surface area contributed by atoms with Crippen molar-refractivity contribution in [2.24, 2.45) is 46.3 Å². The molecule has 0 heterocycles. The lowest BCUT2D eigenvalue weighted by atomic mass is 9.47. The second kappa shape index (κ2) is 8.33. The number of fused-ring (bicyclic) bond motifs is 5. The molecular formula is C28H48O. The van der Waals surface area contributed by atoms with Gasteiger partial charge in [0, 0.05) is 7.11 Å². The van der Waals surface area contributed by atoms with Gasteiger partial charge in [0.1, 0.15) is 0 Å². The molecule has 8 atom stereocenters. The van der Waals surface area contributed by atoms with Gasteiger partial charge in [0.05, 0.1) is 6.10 Å². The predicted molar refractivity (Wildman–Crippen MR) is 124 cm³/mol. The number of hydrogen-bond donors (Lipinski definition) is 0. The van der Waals surface area contributed by atoms with Crippen LogP contribution in [-0.4, -0.2) is 13.2 Å². The third-order valence-corrected chi connectivity index (χ3v) is 10.6. The molecule has 29 heavy (non-hydrogen) atoms. The van der Waals surface area contributed by atoms with Crippen molar-refractivity contribution in [2.75, 3.05) is 7.11 Å². The summed E-state index contributed by atoms with van der Waals surface area (Å²) < 4.78 is 5.75. The van der Waals surface area contributed by atoms with Crippen LogP contribution in [0.3, 0.4) is 0 Å². The first-order valence-corrected chi connectivity index (χ1v) is 13.0. The van der Waals surface area contributed by atoms with E-state index < -0.39 is 0 Å². The number of hydrogen-bond acceptors (Lipinski definition) is 1. The maximum Gasteiger partial charge on any atom is 0.0608 e. The van der Waals surface area contributed by atoms with Gasteiger partial charge in [0.2, 0.25) is 0 Å². The molecule has 0 bridgehead atoms. The highest BCUT2D eigenvalue weighted by atomic mass is 16.5. The molecule has 1 nitrogen and oxygen atoms in total. The first kappa shape index (κ1) is 21.9. The minimum Gasteiger partial charge on any atom is -0.381 e. The van der Waals surface area contributed by atoms with Gasteiger partial charge in [-0.2, -0.15) is 0 Å². The maximum absolute atomic E-state index is 5.75. The Kier molecular flexibility index (Phi) is 6.29. The molecular weight excluding hydrogens is 352 g/mol. The van der Waals surface area contributed by atoms with E-state index in [1.165, 1.54) is 70.6 Å². The molecule has 0 amide bonds. The second-order valence-corrected chi connectivity index (χ2v) is 12.4. The normalized spacial score (nSPS) is 45.3. The Morgan fingerprint density at radius 2 is 1.79 bits per heavy atom. The Morgan fingerprint density at radius 3 is 2.52 bits per heavy atom. The second-order valence-electron chi connectivity index (χ2n) is 12.4. The molecule has 4 aliphatic rings. The lowest BCUT2D eigenvalue weighted by Crippen LogP contribution is -2.50. The molecule has 0 aromatic heterocycles. The number of ether oxygens (including phenoxy) is 1. The van der Waals surface area contributed by atoms with E-state index in [2.05, 4.69) is 40.7 Å². The average Bonchev–Trinajstić information content (AvgIpc) is 3.04. The van der Waals surface area contributed by atoms with Crippen molar-refractivity contribution >= 4 is 0 Å². The van der Waals surface area contributed by atoms with E-state index in [1.54, 1.807) is 5.57 Å². The smallest absolute Gasteiger partial charge is 0.0608 e. The number of rotatable bonds is 6. The van der Waals surface area contributed by atoms with Gasteiger partial charge >= 0.3 is 0 Å². The zero-order chi connectivity index (χ0) is 20.8. The van der Waals surface area contributed by atoms with E-state index in [1.807, 2.05) is 7.11 Å². The summed E-state index contributed by atoms with van der Waals surface area (Å²) in [5.41, 5.74) is 2.85. The highest BCUT2D eigenvalue weighted by Gasteiger charge is 2.59. The van der Waals surface area contributed by atoms with Gasteiger partial charge in [-0.15, -0.1) is 0 Å². The molecule has 3 fully saturated rings. The van der Waals surface area contributed by atoms with Gasteiger partial charge in [-0.25, -0.2) is 0 Å². The van der Waals surface area contributed by atoms with E-state index in [0.717, 1.165) is 35.5 Å². The van der Waals surface area contributed by atoms with Crippen LogP contribution < -0.4 is 0 Å². The SMILES string of the molecule is CO[C@H]1CC[C@@]2(C)C(=CCC3C2CC[C@@]2(C)C3CC[C@@H]2[C@H](C)CCCC(C)C)C1. The van der Waals surface area contributed by atoms with E-state index >= 15 is 0 Å². The van der Waals surface area contributed by atoms with Crippen LogP contribution in [-0.2, 0) is 4.74 Å². The molecule has 3 saturated carbocycles. The van der Waals surface area contributed by atoms with Crippen molar-refractivity contribution < 1.29 is 4.74 Å². The van der Waals surface area contributed by atoms with E-state index in [4.69, 9.17) is 4.74 Å². The summed E-state index contributed by atoms with van der Waals surface area (Å²) in [7, 11) is 1.91. The molecule has 4 rings (SSSR count). The third-order valence-electron chi connectivity index (χ3n) is 10.6. The van der Waals surface area contributed by atoms with Gasteiger partial charge in [-0.3, -0.25) is 0 Å². The molecule has 0 radical (unpaired) electrons. The van der Waals surface area contributed by atoms with Crippen molar-refractivity contribution in [1.82, 2.24) is 0 Å².